The van der Waals surface area contributed by atoms with Crippen LogP contribution in [0.1, 0.15) is 35.7 Å². The summed E-state index contributed by atoms with van der Waals surface area (Å²) in [6.45, 7) is 3.81. The van der Waals surface area contributed by atoms with Crippen molar-refractivity contribution in [3.05, 3.63) is 29.3 Å². The number of nitrogens with zero attached hydrogens (tertiary/aromatic N) is 2. The van der Waals surface area contributed by atoms with Crippen molar-refractivity contribution in [1.29, 1.82) is 0 Å². The molecule has 2 N–H and O–H groups in total. The topological polar surface area (TPSA) is 92.3 Å². The largest absolute Gasteiger partial charge is 0.496 e. The SMILES string of the molecule is CCC(=O)N1CCC(NC(=NC)NCc2ccc(OC)c(C(=O)OC)c2)C1.I. The summed E-state index contributed by atoms with van der Waals surface area (Å²) in [6, 6.07) is 5.53. The molecule has 1 aromatic carbocycles. The lowest BCUT2D eigenvalue weighted by molar-refractivity contribution is -0.129. The van der Waals surface area contributed by atoms with Crippen LogP contribution in [0.2, 0.25) is 0 Å². The van der Waals surface area contributed by atoms with Crippen LogP contribution in [0.3, 0.4) is 0 Å². The highest BCUT2D eigenvalue weighted by atomic mass is 127. The Morgan fingerprint density at radius 2 is 2.07 bits per heavy atom. The van der Waals surface area contributed by atoms with E-state index in [1.807, 2.05) is 17.9 Å². The van der Waals surface area contributed by atoms with Crippen LogP contribution in [-0.2, 0) is 16.1 Å². The van der Waals surface area contributed by atoms with Gasteiger partial charge in [0.2, 0.25) is 5.91 Å². The van der Waals surface area contributed by atoms with Crippen LogP contribution < -0.4 is 15.4 Å². The first-order chi connectivity index (χ1) is 13.0. The maximum atomic E-state index is 11.9. The maximum absolute atomic E-state index is 11.9. The summed E-state index contributed by atoms with van der Waals surface area (Å²) in [5.41, 5.74) is 1.28. The van der Waals surface area contributed by atoms with E-state index in [2.05, 4.69) is 15.6 Å². The summed E-state index contributed by atoms with van der Waals surface area (Å²) in [5.74, 6) is 0.861. The van der Waals surface area contributed by atoms with E-state index in [9.17, 15) is 9.59 Å². The predicted octanol–water partition coefficient (Wildman–Crippen LogP) is 1.78. The zero-order valence-electron chi connectivity index (χ0n) is 16.8. The zero-order chi connectivity index (χ0) is 19.8. The van der Waals surface area contributed by atoms with Gasteiger partial charge >= 0.3 is 5.97 Å². The predicted molar refractivity (Wildman–Crippen MR) is 118 cm³/mol. The number of likely N-dealkylation sites (tertiary alicyclic amines) is 1. The fourth-order valence-electron chi connectivity index (χ4n) is 3.04. The summed E-state index contributed by atoms with van der Waals surface area (Å²) < 4.78 is 10.0. The van der Waals surface area contributed by atoms with Gasteiger partial charge in [-0.25, -0.2) is 4.79 Å². The number of hydrogen-bond acceptors (Lipinski definition) is 5. The van der Waals surface area contributed by atoms with Gasteiger partial charge in [-0.15, -0.1) is 24.0 Å². The van der Waals surface area contributed by atoms with Crippen molar-refractivity contribution in [3.8, 4) is 5.75 Å². The van der Waals surface area contributed by atoms with Gasteiger partial charge in [-0.2, -0.15) is 0 Å². The Morgan fingerprint density at radius 1 is 1.32 bits per heavy atom. The molecule has 1 saturated heterocycles. The first kappa shape index (κ1) is 24.0. The van der Waals surface area contributed by atoms with Crippen LogP contribution in [0.5, 0.6) is 5.75 Å². The Balaban J connectivity index is 0.00000392. The summed E-state index contributed by atoms with van der Waals surface area (Å²) in [5, 5.41) is 6.58. The minimum absolute atomic E-state index is 0. The molecule has 0 aromatic heterocycles. The molecule has 0 spiro atoms. The summed E-state index contributed by atoms with van der Waals surface area (Å²) in [6.07, 6.45) is 1.42. The highest BCUT2D eigenvalue weighted by Crippen LogP contribution is 2.20. The number of ether oxygens (including phenoxy) is 2. The number of hydrogen-bond donors (Lipinski definition) is 2. The molecule has 1 aromatic rings. The second-order valence-electron chi connectivity index (χ2n) is 6.28. The number of nitrogens with one attached hydrogen (secondary N) is 2. The molecule has 8 nitrogen and oxygen atoms in total. The Hall–Kier alpha value is -2.04. The van der Waals surface area contributed by atoms with Crippen molar-refractivity contribution in [2.75, 3.05) is 34.4 Å². The first-order valence-electron chi connectivity index (χ1n) is 9.02. The summed E-state index contributed by atoms with van der Waals surface area (Å²) in [7, 11) is 4.55. The van der Waals surface area contributed by atoms with Gasteiger partial charge in [0.05, 0.1) is 14.2 Å². The molecular formula is C19H29IN4O4. The number of carbonyl (C=O) groups is 2. The maximum Gasteiger partial charge on any atom is 0.341 e. The molecule has 1 atom stereocenters. The smallest absolute Gasteiger partial charge is 0.341 e. The molecule has 1 heterocycles. The molecule has 0 radical (unpaired) electrons. The standard InChI is InChI=1S/C19H28N4O4.HI/c1-5-17(24)23-9-8-14(12-23)22-19(20-2)21-11-13-6-7-16(26-3)15(10-13)18(25)27-4;/h6-7,10,14H,5,8-9,11-12H2,1-4H3,(H2,20,21,22);1H. The molecule has 0 bridgehead atoms. The van der Waals surface area contributed by atoms with Crippen molar-refractivity contribution in [2.45, 2.75) is 32.4 Å². The van der Waals surface area contributed by atoms with Crippen LogP contribution in [0.15, 0.2) is 23.2 Å². The van der Waals surface area contributed by atoms with E-state index < -0.39 is 5.97 Å². The van der Waals surface area contributed by atoms with Gasteiger partial charge in [0, 0.05) is 39.1 Å². The van der Waals surface area contributed by atoms with Crippen molar-refractivity contribution in [2.24, 2.45) is 4.99 Å². The van der Waals surface area contributed by atoms with Crippen molar-refractivity contribution < 1.29 is 19.1 Å². The van der Waals surface area contributed by atoms with E-state index in [1.165, 1.54) is 14.2 Å². The minimum Gasteiger partial charge on any atom is -0.496 e. The third-order valence-electron chi connectivity index (χ3n) is 4.54. The highest BCUT2D eigenvalue weighted by Gasteiger charge is 2.25. The van der Waals surface area contributed by atoms with Crippen LogP contribution >= 0.6 is 24.0 Å². The van der Waals surface area contributed by atoms with Gasteiger partial charge in [-0.05, 0) is 24.1 Å². The quantitative estimate of drug-likeness (QED) is 0.266. The number of benzene rings is 1. The molecule has 1 fully saturated rings. The third-order valence-corrected chi connectivity index (χ3v) is 4.54. The van der Waals surface area contributed by atoms with E-state index in [0.29, 0.717) is 36.8 Å². The van der Waals surface area contributed by atoms with E-state index >= 15 is 0 Å². The number of rotatable bonds is 6. The van der Waals surface area contributed by atoms with Crippen molar-refractivity contribution in [3.63, 3.8) is 0 Å². The van der Waals surface area contributed by atoms with Gasteiger partial charge < -0.3 is 25.0 Å². The van der Waals surface area contributed by atoms with Gasteiger partial charge in [0.15, 0.2) is 5.96 Å². The van der Waals surface area contributed by atoms with Gasteiger partial charge in [-0.3, -0.25) is 9.79 Å². The molecule has 2 rings (SSSR count). The second kappa shape index (κ2) is 11.7. The number of methoxy groups -OCH3 is 2. The molecule has 1 unspecified atom stereocenters. The van der Waals surface area contributed by atoms with Crippen molar-refractivity contribution >= 4 is 41.8 Å². The summed E-state index contributed by atoms with van der Waals surface area (Å²) in [4.78, 5) is 29.8. The van der Waals surface area contributed by atoms with E-state index in [-0.39, 0.29) is 35.9 Å². The van der Waals surface area contributed by atoms with Crippen LogP contribution in [0.25, 0.3) is 0 Å². The molecule has 156 valence electrons. The normalized spacial score (nSPS) is 16.2. The van der Waals surface area contributed by atoms with Crippen LogP contribution in [0, 0.1) is 0 Å². The average molecular weight is 504 g/mol. The first-order valence-corrected chi connectivity index (χ1v) is 9.02. The fraction of sp³-hybridized carbons (Fsp3) is 0.526. The highest BCUT2D eigenvalue weighted by molar-refractivity contribution is 14.0. The average Bonchev–Trinajstić information content (AvgIpc) is 3.18. The number of carbonyl (C=O) groups excluding carboxylic acids is 2. The monoisotopic (exact) mass is 504 g/mol. The van der Waals surface area contributed by atoms with E-state index in [0.717, 1.165) is 18.5 Å². The van der Waals surface area contributed by atoms with Gasteiger partial charge in [-0.1, -0.05) is 13.0 Å². The molecular weight excluding hydrogens is 475 g/mol. The summed E-state index contributed by atoms with van der Waals surface area (Å²) >= 11 is 0. The van der Waals surface area contributed by atoms with Crippen LogP contribution in [0.4, 0.5) is 0 Å². The number of halogens is 1. The Labute approximate surface area is 183 Å². The molecule has 28 heavy (non-hydrogen) atoms. The number of esters is 1. The Kier molecular flexibility index (Phi) is 10.0. The van der Waals surface area contributed by atoms with Crippen LogP contribution in [-0.4, -0.2) is 63.1 Å². The van der Waals surface area contributed by atoms with Crippen molar-refractivity contribution in [1.82, 2.24) is 15.5 Å². The number of guanidine groups is 1. The molecule has 0 saturated carbocycles. The Morgan fingerprint density at radius 3 is 2.68 bits per heavy atom. The molecule has 1 aliphatic rings. The van der Waals surface area contributed by atoms with E-state index in [4.69, 9.17) is 9.47 Å². The lowest BCUT2D eigenvalue weighted by Crippen LogP contribution is -2.44. The third kappa shape index (κ3) is 6.25. The number of amides is 1. The Bertz CT molecular complexity index is 711. The lowest BCUT2D eigenvalue weighted by Gasteiger charge is -2.19. The molecule has 1 amide bonds. The molecule has 1 aliphatic heterocycles. The van der Waals surface area contributed by atoms with E-state index in [1.54, 1.807) is 19.2 Å². The number of aliphatic imine (C=N–C) groups is 1. The second-order valence-corrected chi connectivity index (χ2v) is 6.28. The zero-order valence-corrected chi connectivity index (χ0v) is 19.1. The fourth-order valence-corrected chi connectivity index (χ4v) is 3.04. The minimum atomic E-state index is -0.442. The molecule has 0 aliphatic carbocycles. The lowest BCUT2D eigenvalue weighted by atomic mass is 10.1. The molecule has 9 heteroatoms. The van der Waals surface area contributed by atoms with Gasteiger partial charge in [0.25, 0.3) is 0 Å². The van der Waals surface area contributed by atoms with Gasteiger partial charge in [0.1, 0.15) is 11.3 Å².